The van der Waals surface area contributed by atoms with Gasteiger partial charge in [-0.15, -0.1) is 24.8 Å². The van der Waals surface area contributed by atoms with E-state index in [0.29, 0.717) is 0 Å². The van der Waals surface area contributed by atoms with E-state index in [9.17, 15) is 0 Å². The second-order valence-electron chi connectivity index (χ2n) is 2.01. The van der Waals surface area contributed by atoms with E-state index in [2.05, 4.69) is 4.98 Å². The number of rotatable bonds is 2. The third kappa shape index (κ3) is 6.69. The second kappa shape index (κ2) is 8.16. The molecule has 0 saturated carbocycles. The topological polar surface area (TPSA) is 62.8 Å². The van der Waals surface area contributed by atoms with Crippen LogP contribution in [0, 0.1) is 5.41 Å². The Bertz CT molecular complexity index is 243. The molecule has 0 fully saturated rings. The Kier molecular flexibility index (Phi) is 9.44. The summed E-state index contributed by atoms with van der Waals surface area (Å²) < 4.78 is 0. The molecule has 1 heterocycles. The molecule has 13 heavy (non-hydrogen) atoms. The maximum atomic E-state index is 6.97. The van der Waals surface area contributed by atoms with Crippen LogP contribution in [0.5, 0.6) is 0 Å². The number of amidine groups is 1. The molecule has 0 aliphatic carbocycles. The lowest BCUT2D eigenvalue weighted by atomic mass is 10.3. The van der Waals surface area contributed by atoms with Gasteiger partial charge in [0.05, 0.1) is 0 Å². The molecule has 74 valence electrons. The zero-order chi connectivity index (χ0) is 8.10. The number of aromatic nitrogens is 1. The Hall–Kier alpha value is -0.450. The van der Waals surface area contributed by atoms with Gasteiger partial charge in [0.25, 0.3) is 0 Å². The van der Waals surface area contributed by atoms with Gasteiger partial charge in [0, 0.05) is 18.1 Å². The highest BCUT2D eigenvalue weighted by molar-refractivity contribution is 8.13. The molecule has 3 N–H and O–H groups in total. The predicted molar refractivity (Wildman–Crippen MR) is 61.9 cm³/mol. The van der Waals surface area contributed by atoms with Gasteiger partial charge in [-0.05, 0) is 17.7 Å². The smallest absolute Gasteiger partial charge is 0.151 e. The van der Waals surface area contributed by atoms with Gasteiger partial charge in [-0.25, -0.2) is 0 Å². The fraction of sp³-hybridized carbons (Fsp3) is 0.143. The van der Waals surface area contributed by atoms with Gasteiger partial charge in [0.15, 0.2) is 5.17 Å². The van der Waals surface area contributed by atoms with Crippen molar-refractivity contribution in [3.63, 3.8) is 0 Å². The van der Waals surface area contributed by atoms with Crippen molar-refractivity contribution >= 4 is 41.7 Å². The minimum Gasteiger partial charge on any atom is -0.379 e. The van der Waals surface area contributed by atoms with Crippen LogP contribution < -0.4 is 5.73 Å². The number of halogens is 2. The lowest BCUT2D eigenvalue weighted by Crippen LogP contribution is -2.03. The summed E-state index contributed by atoms with van der Waals surface area (Å²) >= 11 is 1.32. The Morgan fingerprint density at radius 2 is 1.92 bits per heavy atom. The number of nitrogens with zero attached hydrogens (tertiary/aromatic N) is 1. The minimum absolute atomic E-state index is 0. The molecule has 0 atom stereocenters. The maximum absolute atomic E-state index is 6.97. The highest BCUT2D eigenvalue weighted by Gasteiger charge is 1.92. The van der Waals surface area contributed by atoms with E-state index in [-0.39, 0.29) is 30.0 Å². The third-order valence-corrected chi connectivity index (χ3v) is 1.93. The Morgan fingerprint density at radius 1 is 1.38 bits per heavy atom. The maximum Gasteiger partial charge on any atom is 0.151 e. The molecule has 0 amide bonds. The van der Waals surface area contributed by atoms with Crippen LogP contribution >= 0.6 is 36.6 Å². The average molecular weight is 240 g/mol. The number of thioether (sulfide) groups is 1. The molecule has 0 saturated heterocycles. The molecule has 0 aliphatic heterocycles. The summed E-state index contributed by atoms with van der Waals surface area (Å²) in [6.45, 7) is 0. The van der Waals surface area contributed by atoms with Crippen LogP contribution in [0.4, 0.5) is 0 Å². The van der Waals surface area contributed by atoms with E-state index < -0.39 is 0 Å². The molecule has 0 aromatic carbocycles. The molecular formula is C7H11Cl2N3S. The standard InChI is InChI=1S/C7H9N3S.2ClH/c8-7(9)11-5-6-1-3-10-4-2-6;;/h1-4H,5H2,(H3,8,9);2*1H. The van der Waals surface area contributed by atoms with Crippen LogP contribution in [-0.2, 0) is 5.75 Å². The molecule has 0 bridgehead atoms. The van der Waals surface area contributed by atoms with Crippen LogP contribution in [0.1, 0.15) is 5.56 Å². The molecule has 0 unspecified atom stereocenters. The van der Waals surface area contributed by atoms with Gasteiger partial charge in [-0.1, -0.05) is 11.8 Å². The fourth-order valence-corrected chi connectivity index (χ4v) is 1.15. The third-order valence-electron chi connectivity index (χ3n) is 1.14. The van der Waals surface area contributed by atoms with Crippen LogP contribution in [0.15, 0.2) is 24.5 Å². The van der Waals surface area contributed by atoms with E-state index >= 15 is 0 Å². The van der Waals surface area contributed by atoms with E-state index in [0.717, 1.165) is 11.3 Å². The van der Waals surface area contributed by atoms with E-state index in [1.165, 1.54) is 11.8 Å². The summed E-state index contributed by atoms with van der Waals surface area (Å²) in [6, 6.07) is 3.83. The zero-order valence-electron chi connectivity index (χ0n) is 6.77. The monoisotopic (exact) mass is 239 g/mol. The summed E-state index contributed by atoms with van der Waals surface area (Å²) in [7, 11) is 0. The van der Waals surface area contributed by atoms with E-state index in [1.807, 2.05) is 12.1 Å². The van der Waals surface area contributed by atoms with Crippen molar-refractivity contribution in [1.29, 1.82) is 5.41 Å². The first kappa shape index (κ1) is 15.0. The molecule has 0 aliphatic rings. The molecule has 6 heteroatoms. The molecule has 0 radical (unpaired) electrons. The first-order valence-corrected chi connectivity index (χ1v) is 4.13. The van der Waals surface area contributed by atoms with Crippen molar-refractivity contribution in [2.45, 2.75) is 5.75 Å². The summed E-state index contributed by atoms with van der Waals surface area (Å²) in [6.07, 6.45) is 3.46. The van der Waals surface area contributed by atoms with Crippen molar-refractivity contribution in [2.24, 2.45) is 5.73 Å². The van der Waals surface area contributed by atoms with E-state index in [4.69, 9.17) is 11.1 Å². The number of nitrogens with one attached hydrogen (secondary N) is 1. The van der Waals surface area contributed by atoms with Gasteiger partial charge >= 0.3 is 0 Å². The summed E-state index contributed by atoms with van der Waals surface area (Å²) in [4.78, 5) is 3.88. The van der Waals surface area contributed by atoms with Crippen LogP contribution in [0.25, 0.3) is 0 Å². The summed E-state index contributed by atoms with van der Waals surface area (Å²) in [5, 5.41) is 7.12. The molecular weight excluding hydrogens is 229 g/mol. The highest BCUT2D eigenvalue weighted by atomic mass is 35.5. The highest BCUT2D eigenvalue weighted by Crippen LogP contribution is 2.09. The molecule has 0 spiro atoms. The number of nitrogens with two attached hydrogens (primary N) is 1. The quantitative estimate of drug-likeness (QED) is 0.614. The zero-order valence-corrected chi connectivity index (χ0v) is 9.22. The van der Waals surface area contributed by atoms with Crippen LogP contribution in [-0.4, -0.2) is 10.2 Å². The van der Waals surface area contributed by atoms with Gasteiger partial charge in [-0.2, -0.15) is 0 Å². The molecule has 1 rings (SSSR count). The first-order valence-electron chi connectivity index (χ1n) is 3.15. The molecule has 1 aromatic heterocycles. The van der Waals surface area contributed by atoms with Gasteiger partial charge in [0.1, 0.15) is 0 Å². The summed E-state index contributed by atoms with van der Waals surface area (Å²) in [5.74, 6) is 0.748. The second-order valence-corrected chi connectivity index (χ2v) is 3.03. The Morgan fingerprint density at radius 3 is 2.38 bits per heavy atom. The van der Waals surface area contributed by atoms with Crippen molar-refractivity contribution in [3.05, 3.63) is 30.1 Å². The molecule has 3 nitrogen and oxygen atoms in total. The van der Waals surface area contributed by atoms with Crippen molar-refractivity contribution < 1.29 is 0 Å². The number of pyridine rings is 1. The lowest BCUT2D eigenvalue weighted by Gasteiger charge is -1.97. The van der Waals surface area contributed by atoms with Crippen molar-refractivity contribution in [3.8, 4) is 0 Å². The normalized spacial score (nSPS) is 8.00. The first-order chi connectivity index (χ1) is 5.29. The Balaban J connectivity index is 0. The van der Waals surface area contributed by atoms with Crippen LogP contribution in [0.3, 0.4) is 0 Å². The summed E-state index contributed by atoms with van der Waals surface area (Å²) in [5.41, 5.74) is 6.31. The largest absolute Gasteiger partial charge is 0.379 e. The van der Waals surface area contributed by atoms with Crippen molar-refractivity contribution in [1.82, 2.24) is 4.98 Å². The average Bonchev–Trinajstić information content (AvgIpc) is 2.03. The number of hydrogen-bond acceptors (Lipinski definition) is 3. The SMILES string of the molecule is Cl.Cl.N=C(N)SCc1ccncc1. The number of hydrogen-bond donors (Lipinski definition) is 2. The van der Waals surface area contributed by atoms with E-state index in [1.54, 1.807) is 12.4 Å². The minimum atomic E-state index is 0. The van der Waals surface area contributed by atoms with Crippen molar-refractivity contribution in [2.75, 3.05) is 0 Å². The van der Waals surface area contributed by atoms with Gasteiger partial charge in [-0.3, -0.25) is 10.4 Å². The predicted octanol–water partition coefficient (Wildman–Crippen LogP) is 2.05. The van der Waals surface area contributed by atoms with Crippen LogP contribution in [0.2, 0.25) is 0 Å². The van der Waals surface area contributed by atoms with Gasteiger partial charge in [0.2, 0.25) is 0 Å². The Labute approximate surface area is 93.8 Å². The van der Waals surface area contributed by atoms with Gasteiger partial charge < -0.3 is 5.73 Å². The molecule has 1 aromatic rings. The lowest BCUT2D eigenvalue weighted by molar-refractivity contribution is 1.27. The fourth-order valence-electron chi connectivity index (χ4n) is 0.640.